The first kappa shape index (κ1) is 17.0. The van der Waals surface area contributed by atoms with Crippen molar-refractivity contribution in [2.45, 2.75) is 32.7 Å². The molecule has 0 aromatic heterocycles. The number of hydrogen-bond acceptors (Lipinski definition) is 4. The van der Waals surface area contributed by atoms with E-state index in [1.807, 2.05) is 55.5 Å². The Kier molecular flexibility index (Phi) is 6.18. The third-order valence-corrected chi connectivity index (χ3v) is 3.50. The number of carbonyl (C=O) groups is 1. The highest BCUT2D eigenvalue weighted by Gasteiger charge is 2.18. The molecule has 0 aliphatic heterocycles. The van der Waals surface area contributed by atoms with Crippen molar-refractivity contribution in [3.8, 4) is 11.5 Å². The van der Waals surface area contributed by atoms with Crippen LogP contribution in [0.2, 0.25) is 0 Å². The van der Waals surface area contributed by atoms with Gasteiger partial charge in [-0.15, -0.1) is 0 Å². The molecule has 0 bridgehead atoms. The summed E-state index contributed by atoms with van der Waals surface area (Å²) < 4.78 is 17.0. The lowest BCUT2D eigenvalue weighted by Crippen LogP contribution is -2.13. The van der Waals surface area contributed by atoms with Gasteiger partial charge in [-0.05, 0) is 25.5 Å². The van der Waals surface area contributed by atoms with Crippen LogP contribution in [0.25, 0.3) is 0 Å². The van der Waals surface area contributed by atoms with E-state index in [9.17, 15) is 4.79 Å². The van der Waals surface area contributed by atoms with Gasteiger partial charge in [0.2, 0.25) is 0 Å². The summed E-state index contributed by atoms with van der Waals surface area (Å²) in [6, 6.07) is 15.6. The van der Waals surface area contributed by atoms with Gasteiger partial charge >= 0.3 is 0 Å². The molecule has 0 heterocycles. The van der Waals surface area contributed by atoms with E-state index in [1.54, 1.807) is 14.0 Å². The van der Waals surface area contributed by atoms with Crippen LogP contribution in [-0.4, -0.2) is 19.5 Å². The summed E-state index contributed by atoms with van der Waals surface area (Å²) in [5.41, 5.74) is 1.94. The maximum Gasteiger partial charge on any atom is 0.166 e. The number of methoxy groups -OCH3 is 1. The molecule has 0 saturated carbocycles. The molecule has 122 valence electrons. The second-order valence-corrected chi connectivity index (χ2v) is 5.27. The van der Waals surface area contributed by atoms with Crippen molar-refractivity contribution < 1.29 is 19.0 Å². The molecule has 0 aliphatic carbocycles. The summed E-state index contributed by atoms with van der Waals surface area (Å²) in [6.07, 6.45) is 0.0349. The second-order valence-electron chi connectivity index (χ2n) is 5.27. The van der Waals surface area contributed by atoms with Gasteiger partial charge < -0.3 is 19.0 Å². The average Bonchev–Trinajstić information content (AvgIpc) is 2.60. The highest BCUT2D eigenvalue weighted by molar-refractivity contribution is 5.55. The SMILES string of the molecule is COc1c(OCc2ccccc2)cccc1[C@@H](C)O[C@@H](C)C=O. The quantitative estimate of drug-likeness (QED) is 0.692. The molecule has 0 saturated heterocycles. The first-order valence-corrected chi connectivity index (χ1v) is 7.60. The Bertz CT molecular complexity index is 625. The Hall–Kier alpha value is -2.33. The standard InChI is InChI=1S/C19H22O4/c1-14(12-20)23-15(2)17-10-7-11-18(19(17)21-3)22-13-16-8-5-4-6-9-16/h4-12,14-15H,13H2,1-3H3/t14-,15+/m0/s1. The smallest absolute Gasteiger partial charge is 0.166 e. The monoisotopic (exact) mass is 314 g/mol. The average molecular weight is 314 g/mol. The van der Waals surface area contributed by atoms with Gasteiger partial charge in [0, 0.05) is 5.56 Å². The van der Waals surface area contributed by atoms with E-state index in [4.69, 9.17) is 14.2 Å². The number of benzene rings is 2. The van der Waals surface area contributed by atoms with Crippen molar-refractivity contribution in [2.75, 3.05) is 7.11 Å². The molecule has 2 aromatic carbocycles. The molecule has 0 fully saturated rings. The first-order chi connectivity index (χ1) is 11.2. The Labute approximate surface area is 137 Å². The van der Waals surface area contributed by atoms with Crippen LogP contribution in [-0.2, 0) is 16.1 Å². The topological polar surface area (TPSA) is 44.8 Å². The number of carbonyl (C=O) groups excluding carboxylic acids is 1. The van der Waals surface area contributed by atoms with Crippen LogP contribution >= 0.6 is 0 Å². The van der Waals surface area contributed by atoms with Crippen LogP contribution in [0.4, 0.5) is 0 Å². The predicted octanol–water partition coefficient (Wildman–Crippen LogP) is 3.94. The van der Waals surface area contributed by atoms with Gasteiger partial charge in [0.15, 0.2) is 11.5 Å². The summed E-state index contributed by atoms with van der Waals surface area (Å²) in [5, 5.41) is 0. The fourth-order valence-electron chi connectivity index (χ4n) is 2.35. The highest BCUT2D eigenvalue weighted by Crippen LogP contribution is 2.36. The zero-order valence-electron chi connectivity index (χ0n) is 13.7. The van der Waals surface area contributed by atoms with Gasteiger partial charge in [-0.3, -0.25) is 0 Å². The molecule has 2 aromatic rings. The summed E-state index contributed by atoms with van der Waals surface area (Å²) in [5.74, 6) is 1.29. The van der Waals surface area contributed by atoms with E-state index >= 15 is 0 Å². The number of para-hydroxylation sites is 1. The molecule has 0 amide bonds. The molecule has 4 nitrogen and oxygen atoms in total. The van der Waals surface area contributed by atoms with E-state index in [-0.39, 0.29) is 6.10 Å². The normalized spacial score (nSPS) is 13.2. The molecule has 23 heavy (non-hydrogen) atoms. The molecule has 0 spiro atoms. The van der Waals surface area contributed by atoms with Crippen molar-refractivity contribution in [3.05, 3.63) is 59.7 Å². The number of aldehydes is 1. The van der Waals surface area contributed by atoms with Crippen LogP contribution in [0.15, 0.2) is 48.5 Å². The van der Waals surface area contributed by atoms with E-state index in [0.717, 1.165) is 17.4 Å². The molecule has 0 unspecified atom stereocenters. The van der Waals surface area contributed by atoms with Crippen LogP contribution < -0.4 is 9.47 Å². The van der Waals surface area contributed by atoms with Crippen LogP contribution in [0.1, 0.15) is 31.1 Å². The molecular weight excluding hydrogens is 292 g/mol. The van der Waals surface area contributed by atoms with Crippen LogP contribution in [0.3, 0.4) is 0 Å². The fraction of sp³-hybridized carbons (Fsp3) is 0.316. The molecule has 0 aliphatic rings. The molecular formula is C19H22O4. The zero-order valence-corrected chi connectivity index (χ0v) is 13.7. The van der Waals surface area contributed by atoms with Gasteiger partial charge in [0.1, 0.15) is 19.0 Å². The maximum absolute atomic E-state index is 10.8. The Morgan fingerprint density at radius 3 is 2.43 bits per heavy atom. The van der Waals surface area contributed by atoms with Crippen LogP contribution in [0.5, 0.6) is 11.5 Å². The lowest BCUT2D eigenvalue weighted by molar-refractivity contribution is -0.120. The summed E-state index contributed by atoms with van der Waals surface area (Å²) in [7, 11) is 1.60. The van der Waals surface area contributed by atoms with Crippen molar-refractivity contribution in [2.24, 2.45) is 0 Å². The first-order valence-electron chi connectivity index (χ1n) is 7.60. The Morgan fingerprint density at radius 1 is 1.04 bits per heavy atom. The molecule has 2 rings (SSSR count). The minimum Gasteiger partial charge on any atom is -0.492 e. The van der Waals surface area contributed by atoms with Crippen LogP contribution in [0, 0.1) is 0 Å². The van der Waals surface area contributed by atoms with E-state index in [0.29, 0.717) is 18.1 Å². The van der Waals surface area contributed by atoms with Gasteiger partial charge in [0.25, 0.3) is 0 Å². The second kappa shape index (κ2) is 8.34. The van der Waals surface area contributed by atoms with Gasteiger partial charge in [-0.1, -0.05) is 42.5 Å². The third kappa shape index (κ3) is 4.57. The largest absolute Gasteiger partial charge is 0.492 e. The lowest BCUT2D eigenvalue weighted by atomic mass is 10.1. The van der Waals surface area contributed by atoms with E-state index < -0.39 is 6.10 Å². The highest BCUT2D eigenvalue weighted by atomic mass is 16.5. The Balaban J connectivity index is 2.17. The molecule has 0 radical (unpaired) electrons. The number of hydrogen-bond donors (Lipinski definition) is 0. The van der Waals surface area contributed by atoms with Crippen molar-refractivity contribution in [1.82, 2.24) is 0 Å². The van der Waals surface area contributed by atoms with Crippen molar-refractivity contribution in [1.29, 1.82) is 0 Å². The lowest BCUT2D eigenvalue weighted by Gasteiger charge is -2.20. The van der Waals surface area contributed by atoms with Gasteiger partial charge in [0.05, 0.1) is 13.2 Å². The van der Waals surface area contributed by atoms with Gasteiger partial charge in [-0.25, -0.2) is 0 Å². The fourth-order valence-corrected chi connectivity index (χ4v) is 2.35. The summed E-state index contributed by atoms with van der Waals surface area (Å²) >= 11 is 0. The van der Waals surface area contributed by atoms with E-state index in [1.165, 1.54) is 0 Å². The predicted molar refractivity (Wildman–Crippen MR) is 88.8 cm³/mol. The molecule has 2 atom stereocenters. The third-order valence-electron chi connectivity index (χ3n) is 3.50. The minimum absolute atomic E-state index is 0.273. The summed E-state index contributed by atoms with van der Waals surface area (Å²) in [6.45, 7) is 4.06. The minimum atomic E-state index is -0.469. The van der Waals surface area contributed by atoms with Gasteiger partial charge in [-0.2, -0.15) is 0 Å². The van der Waals surface area contributed by atoms with E-state index in [2.05, 4.69) is 0 Å². The Morgan fingerprint density at radius 2 is 1.78 bits per heavy atom. The molecule has 0 N–H and O–H groups in total. The number of ether oxygens (including phenoxy) is 3. The van der Waals surface area contributed by atoms with Crippen molar-refractivity contribution in [3.63, 3.8) is 0 Å². The maximum atomic E-state index is 10.8. The van der Waals surface area contributed by atoms with Crippen molar-refractivity contribution >= 4 is 6.29 Å². The zero-order chi connectivity index (χ0) is 16.7. The number of rotatable bonds is 8. The summed E-state index contributed by atoms with van der Waals surface area (Å²) in [4.78, 5) is 10.8. The molecule has 4 heteroatoms.